The Morgan fingerprint density at radius 2 is 2.30 bits per heavy atom. The van der Waals surface area contributed by atoms with E-state index >= 15 is 0 Å². The predicted octanol–water partition coefficient (Wildman–Crippen LogP) is 2.84. The number of amides is 1. The van der Waals surface area contributed by atoms with E-state index in [2.05, 4.69) is 22.4 Å². The van der Waals surface area contributed by atoms with Crippen molar-refractivity contribution in [1.82, 2.24) is 14.8 Å². The summed E-state index contributed by atoms with van der Waals surface area (Å²) in [7, 11) is 0. The molecule has 2 rings (SSSR count). The van der Waals surface area contributed by atoms with E-state index < -0.39 is 0 Å². The molecular formula is C14H18N4OS. The minimum absolute atomic E-state index is 0.106. The van der Waals surface area contributed by atoms with Crippen molar-refractivity contribution in [3.63, 3.8) is 0 Å². The lowest BCUT2D eigenvalue weighted by Crippen LogP contribution is -2.20. The summed E-state index contributed by atoms with van der Waals surface area (Å²) in [5.41, 5.74) is 1.90. The molecule has 0 saturated heterocycles. The first-order chi connectivity index (χ1) is 9.60. The highest BCUT2D eigenvalue weighted by Gasteiger charge is 2.10. The van der Waals surface area contributed by atoms with E-state index in [1.165, 1.54) is 0 Å². The van der Waals surface area contributed by atoms with Crippen LogP contribution in [-0.4, -0.2) is 20.7 Å². The van der Waals surface area contributed by atoms with Crippen molar-refractivity contribution in [2.24, 2.45) is 0 Å². The first-order valence-electron chi connectivity index (χ1n) is 6.60. The number of nitrogens with zero attached hydrogens (tertiary/aromatic N) is 2. The van der Waals surface area contributed by atoms with Gasteiger partial charge in [-0.05, 0) is 43.3 Å². The molecule has 0 radical (unpaired) electrons. The van der Waals surface area contributed by atoms with Crippen LogP contribution in [0.5, 0.6) is 0 Å². The van der Waals surface area contributed by atoms with Crippen LogP contribution < -0.4 is 5.32 Å². The maximum Gasteiger partial charge on any atom is 0.244 e. The average molecular weight is 290 g/mol. The normalized spacial score (nSPS) is 10.5. The number of aromatic nitrogens is 3. The number of hydrogen-bond donors (Lipinski definition) is 2. The molecule has 0 fully saturated rings. The molecular weight excluding hydrogens is 272 g/mol. The Morgan fingerprint density at radius 1 is 1.50 bits per heavy atom. The van der Waals surface area contributed by atoms with Gasteiger partial charge in [0.2, 0.25) is 5.91 Å². The topological polar surface area (TPSA) is 62.7 Å². The van der Waals surface area contributed by atoms with Crippen LogP contribution >= 0.6 is 12.2 Å². The van der Waals surface area contributed by atoms with Gasteiger partial charge in [0.25, 0.3) is 0 Å². The lowest BCUT2D eigenvalue weighted by molar-refractivity contribution is -0.116. The Labute approximate surface area is 123 Å². The fourth-order valence-electron chi connectivity index (χ4n) is 1.99. The van der Waals surface area contributed by atoms with Crippen molar-refractivity contribution in [1.29, 1.82) is 0 Å². The SMILES string of the molecule is CCCc1n[nH]c(=S)n1CC(=O)Nc1cccc(C)c1. The van der Waals surface area contributed by atoms with Crippen molar-refractivity contribution in [3.8, 4) is 0 Å². The van der Waals surface area contributed by atoms with Crippen LogP contribution in [0.2, 0.25) is 0 Å². The summed E-state index contributed by atoms with van der Waals surface area (Å²) in [6.45, 7) is 4.23. The van der Waals surface area contributed by atoms with Gasteiger partial charge in [-0.1, -0.05) is 19.1 Å². The van der Waals surface area contributed by atoms with Gasteiger partial charge in [0.1, 0.15) is 12.4 Å². The van der Waals surface area contributed by atoms with E-state index in [1.807, 2.05) is 31.2 Å². The van der Waals surface area contributed by atoms with Gasteiger partial charge < -0.3 is 5.32 Å². The van der Waals surface area contributed by atoms with Crippen molar-refractivity contribution in [2.75, 3.05) is 5.32 Å². The number of carbonyl (C=O) groups is 1. The molecule has 0 bridgehead atoms. The zero-order valence-corrected chi connectivity index (χ0v) is 12.5. The van der Waals surface area contributed by atoms with Crippen LogP contribution in [0.1, 0.15) is 24.7 Å². The highest BCUT2D eigenvalue weighted by atomic mass is 32.1. The minimum atomic E-state index is -0.106. The summed E-state index contributed by atoms with van der Waals surface area (Å²) in [4.78, 5) is 12.1. The highest BCUT2D eigenvalue weighted by Crippen LogP contribution is 2.10. The highest BCUT2D eigenvalue weighted by molar-refractivity contribution is 7.71. The summed E-state index contributed by atoms with van der Waals surface area (Å²) in [5, 5.41) is 9.75. The third kappa shape index (κ3) is 3.54. The number of carbonyl (C=O) groups excluding carboxylic acids is 1. The maximum absolute atomic E-state index is 12.1. The molecule has 1 aromatic carbocycles. The third-order valence-corrected chi connectivity index (χ3v) is 3.23. The molecule has 1 heterocycles. The molecule has 0 saturated carbocycles. The van der Waals surface area contributed by atoms with E-state index in [9.17, 15) is 4.79 Å². The molecule has 20 heavy (non-hydrogen) atoms. The molecule has 1 amide bonds. The number of aromatic amines is 1. The van der Waals surface area contributed by atoms with Gasteiger partial charge >= 0.3 is 0 Å². The van der Waals surface area contributed by atoms with Crippen LogP contribution in [0.15, 0.2) is 24.3 Å². The molecule has 0 unspecified atom stereocenters. The molecule has 0 aliphatic heterocycles. The number of rotatable bonds is 5. The van der Waals surface area contributed by atoms with Gasteiger partial charge in [-0.2, -0.15) is 5.10 Å². The van der Waals surface area contributed by atoms with Crippen LogP contribution in [-0.2, 0) is 17.8 Å². The first kappa shape index (κ1) is 14.5. The van der Waals surface area contributed by atoms with Gasteiger partial charge in [0.15, 0.2) is 4.77 Å². The summed E-state index contributed by atoms with van der Waals surface area (Å²) >= 11 is 5.16. The van der Waals surface area contributed by atoms with Gasteiger partial charge in [-0.25, -0.2) is 0 Å². The zero-order chi connectivity index (χ0) is 14.5. The quantitative estimate of drug-likeness (QED) is 0.832. The lowest BCUT2D eigenvalue weighted by atomic mass is 10.2. The van der Waals surface area contributed by atoms with E-state index in [0.29, 0.717) is 4.77 Å². The molecule has 2 aromatic rings. The van der Waals surface area contributed by atoms with E-state index in [0.717, 1.165) is 29.9 Å². The van der Waals surface area contributed by atoms with Crippen molar-refractivity contribution < 1.29 is 4.79 Å². The molecule has 2 N–H and O–H groups in total. The summed E-state index contributed by atoms with van der Waals surface area (Å²) in [6.07, 6.45) is 1.75. The second-order valence-corrected chi connectivity index (χ2v) is 5.09. The van der Waals surface area contributed by atoms with Crippen molar-refractivity contribution in [3.05, 3.63) is 40.4 Å². The van der Waals surface area contributed by atoms with Gasteiger partial charge in [0, 0.05) is 12.1 Å². The monoisotopic (exact) mass is 290 g/mol. The molecule has 0 atom stereocenters. The minimum Gasteiger partial charge on any atom is -0.325 e. The largest absolute Gasteiger partial charge is 0.325 e. The standard InChI is InChI=1S/C14H18N4OS/c1-3-5-12-16-17-14(20)18(12)9-13(19)15-11-7-4-6-10(2)8-11/h4,6-8H,3,5,9H2,1-2H3,(H,15,19)(H,17,20). The molecule has 5 nitrogen and oxygen atoms in total. The molecule has 1 aromatic heterocycles. The number of nitrogens with one attached hydrogen (secondary N) is 2. The Balaban J connectivity index is 2.08. The van der Waals surface area contributed by atoms with E-state index in [4.69, 9.17) is 12.2 Å². The number of H-pyrrole nitrogens is 1. The van der Waals surface area contributed by atoms with Gasteiger partial charge in [-0.15, -0.1) is 0 Å². The third-order valence-electron chi connectivity index (χ3n) is 2.91. The number of anilines is 1. The van der Waals surface area contributed by atoms with E-state index in [-0.39, 0.29) is 12.5 Å². The fraction of sp³-hybridized carbons (Fsp3) is 0.357. The number of hydrogen-bond acceptors (Lipinski definition) is 3. The van der Waals surface area contributed by atoms with Gasteiger partial charge in [0.05, 0.1) is 0 Å². The van der Waals surface area contributed by atoms with E-state index in [1.54, 1.807) is 4.57 Å². The summed E-state index contributed by atoms with van der Waals surface area (Å²) < 4.78 is 2.22. The second-order valence-electron chi connectivity index (χ2n) is 4.70. The van der Waals surface area contributed by atoms with Crippen LogP contribution in [0.4, 0.5) is 5.69 Å². The molecule has 0 spiro atoms. The average Bonchev–Trinajstić information content (AvgIpc) is 2.72. The van der Waals surface area contributed by atoms with Crippen LogP contribution in [0, 0.1) is 11.7 Å². The summed E-state index contributed by atoms with van der Waals surface area (Å²) in [6, 6.07) is 7.70. The van der Waals surface area contributed by atoms with Crippen molar-refractivity contribution in [2.45, 2.75) is 33.2 Å². The molecule has 0 aliphatic carbocycles. The number of aryl methyl sites for hydroxylation is 2. The van der Waals surface area contributed by atoms with Gasteiger partial charge in [-0.3, -0.25) is 14.5 Å². The van der Waals surface area contributed by atoms with Crippen LogP contribution in [0.25, 0.3) is 0 Å². The fourth-order valence-corrected chi connectivity index (χ4v) is 2.21. The lowest BCUT2D eigenvalue weighted by Gasteiger charge is -2.08. The Hall–Kier alpha value is -1.95. The molecule has 6 heteroatoms. The van der Waals surface area contributed by atoms with Crippen molar-refractivity contribution >= 4 is 23.8 Å². The predicted molar refractivity (Wildman–Crippen MR) is 81.2 cm³/mol. The maximum atomic E-state index is 12.1. The smallest absolute Gasteiger partial charge is 0.244 e. The Kier molecular flexibility index (Phi) is 4.68. The number of benzene rings is 1. The Bertz CT molecular complexity index is 659. The molecule has 0 aliphatic rings. The summed E-state index contributed by atoms with van der Waals surface area (Å²) in [5.74, 6) is 0.711. The zero-order valence-electron chi connectivity index (χ0n) is 11.6. The molecule has 106 valence electrons. The Morgan fingerprint density at radius 3 is 3.00 bits per heavy atom. The van der Waals surface area contributed by atoms with Crippen LogP contribution in [0.3, 0.4) is 0 Å². The second kappa shape index (κ2) is 6.47. The first-order valence-corrected chi connectivity index (χ1v) is 7.01.